The van der Waals surface area contributed by atoms with Crippen LogP contribution in [0.25, 0.3) is 11.0 Å². The summed E-state index contributed by atoms with van der Waals surface area (Å²) < 4.78 is 2.26. The molecule has 19 heavy (non-hydrogen) atoms. The van der Waals surface area contributed by atoms with Crippen LogP contribution in [-0.4, -0.2) is 9.55 Å². The Morgan fingerprint density at radius 2 is 2.16 bits per heavy atom. The molecule has 4 heteroatoms. The Morgan fingerprint density at radius 3 is 2.89 bits per heavy atom. The summed E-state index contributed by atoms with van der Waals surface area (Å²) >= 11 is 7.79. The molecular formula is C15H15ClN2S. The minimum atomic E-state index is 0.357. The van der Waals surface area contributed by atoms with Crippen LogP contribution in [0.2, 0.25) is 0 Å². The van der Waals surface area contributed by atoms with Gasteiger partial charge in [-0.1, -0.05) is 12.1 Å². The molecule has 0 aliphatic carbocycles. The van der Waals surface area contributed by atoms with Crippen LogP contribution in [0, 0.1) is 0 Å². The molecule has 0 amide bonds. The van der Waals surface area contributed by atoms with E-state index >= 15 is 0 Å². The van der Waals surface area contributed by atoms with Crippen LogP contribution in [0.4, 0.5) is 0 Å². The lowest BCUT2D eigenvalue weighted by Gasteiger charge is -2.16. The zero-order valence-corrected chi connectivity index (χ0v) is 12.3. The molecule has 2 nitrogen and oxygen atoms in total. The van der Waals surface area contributed by atoms with Crippen LogP contribution >= 0.6 is 22.9 Å². The van der Waals surface area contributed by atoms with E-state index in [2.05, 4.69) is 45.4 Å². The van der Waals surface area contributed by atoms with Crippen molar-refractivity contribution in [3.05, 3.63) is 52.5 Å². The Hall–Kier alpha value is -1.32. The van der Waals surface area contributed by atoms with Crippen molar-refractivity contribution in [3.63, 3.8) is 0 Å². The quantitative estimate of drug-likeness (QED) is 0.640. The third-order valence-corrected chi connectivity index (χ3v) is 4.31. The summed E-state index contributed by atoms with van der Waals surface area (Å²) in [6.07, 6.45) is 1.01. The number of aromatic nitrogens is 2. The number of halogens is 1. The molecule has 0 aliphatic heterocycles. The molecule has 2 heterocycles. The number of thiophene rings is 1. The predicted molar refractivity (Wildman–Crippen MR) is 82.0 cm³/mol. The summed E-state index contributed by atoms with van der Waals surface area (Å²) in [6.45, 7) is 2.22. The minimum absolute atomic E-state index is 0.357. The molecule has 0 saturated carbocycles. The van der Waals surface area contributed by atoms with Gasteiger partial charge in [0, 0.05) is 6.04 Å². The average Bonchev–Trinajstić information content (AvgIpc) is 3.04. The number of imidazole rings is 1. The van der Waals surface area contributed by atoms with Gasteiger partial charge in [0.05, 0.1) is 16.9 Å². The van der Waals surface area contributed by atoms with Gasteiger partial charge < -0.3 is 4.57 Å². The van der Waals surface area contributed by atoms with Crippen molar-refractivity contribution in [2.45, 2.75) is 25.3 Å². The van der Waals surface area contributed by atoms with Gasteiger partial charge in [-0.05, 0) is 47.9 Å². The fourth-order valence-corrected chi connectivity index (χ4v) is 3.39. The normalized spacial score (nSPS) is 12.9. The molecule has 98 valence electrons. The van der Waals surface area contributed by atoms with Gasteiger partial charge in [-0.3, -0.25) is 0 Å². The van der Waals surface area contributed by atoms with Crippen LogP contribution in [0.5, 0.6) is 0 Å². The molecule has 0 aliphatic rings. The number of hydrogen-bond acceptors (Lipinski definition) is 2. The van der Waals surface area contributed by atoms with E-state index in [1.54, 1.807) is 11.3 Å². The maximum Gasteiger partial charge on any atom is 0.125 e. The maximum absolute atomic E-state index is 6.05. The first-order valence-corrected chi connectivity index (χ1v) is 7.80. The molecule has 2 aromatic heterocycles. The van der Waals surface area contributed by atoms with Gasteiger partial charge in [0.15, 0.2) is 0 Å². The first kappa shape index (κ1) is 12.7. The van der Waals surface area contributed by atoms with E-state index < -0.39 is 0 Å². The Balaban J connectivity index is 2.02. The first-order chi connectivity index (χ1) is 9.29. The fraction of sp³-hybridized carbons (Fsp3) is 0.267. The van der Waals surface area contributed by atoms with Crippen molar-refractivity contribution in [2.75, 3.05) is 0 Å². The number of alkyl halides is 1. The molecule has 0 radical (unpaired) electrons. The number of nitrogens with zero attached hydrogens (tertiary/aromatic N) is 2. The van der Waals surface area contributed by atoms with Crippen LogP contribution < -0.4 is 0 Å². The second-order valence-electron chi connectivity index (χ2n) is 4.71. The van der Waals surface area contributed by atoms with Crippen LogP contribution in [-0.2, 0) is 12.3 Å². The zero-order chi connectivity index (χ0) is 13.2. The van der Waals surface area contributed by atoms with E-state index in [0.29, 0.717) is 11.9 Å². The van der Waals surface area contributed by atoms with Gasteiger partial charge in [-0.25, -0.2) is 4.98 Å². The molecule has 1 unspecified atom stereocenters. The van der Waals surface area contributed by atoms with Crippen LogP contribution in [0.3, 0.4) is 0 Å². The molecule has 3 rings (SSSR count). The Kier molecular flexibility index (Phi) is 3.58. The van der Waals surface area contributed by atoms with Crippen molar-refractivity contribution < 1.29 is 0 Å². The van der Waals surface area contributed by atoms with Gasteiger partial charge in [0.2, 0.25) is 0 Å². The Morgan fingerprint density at radius 1 is 1.32 bits per heavy atom. The smallest absolute Gasteiger partial charge is 0.125 e. The molecule has 0 spiro atoms. The monoisotopic (exact) mass is 290 g/mol. The topological polar surface area (TPSA) is 17.8 Å². The fourth-order valence-electron chi connectivity index (χ4n) is 2.52. The average molecular weight is 291 g/mol. The number of hydrogen-bond donors (Lipinski definition) is 0. The van der Waals surface area contributed by atoms with Gasteiger partial charge in [-0.2, -0.15) is 11.3 Å². The molecular weight excluding hydrogens is 276 g/mol. The van der Waals surface area contributed by atoms with Crippen molar-refractivity contribution in [1.29, 1.82) is 0 Å². The third kappa shape index (κ3) is 2.40. The van der Waals surface area contributed by atoms with E-state index in [1.165, 1.54) is 11.1 Å². The number of rotatable bonds is 4. The largest absolute Gasteiger partial charge is 0.324 e. The molecule has 0 saturated heterocycles. The van der Waals surface area contributed by atoms with Crippen molar-refractivity contribution >= 4 is 34.0 Å². The summed E-state index contributed by atoms with van der Waals surface area (Å²) in [6, 6.07) is 10.8. The number of para-hydroxylation sites is 2. The lowest BCUT2D eigenvalue weighted by molar-refractivity contribution is 0.544. The van der Waals surface area contributed by atoms with Crippen LogP contribution in [0.1, 0.15) is 24.4 Å². The highest BCUT2D eigenvalue weighted by atomic mass is 35.5. The van der Waals surface area contributed by atoms with E-state index in [0.717, 1.165) is 17.8 Å². The summed E-state index contributed by atoms with van der Waals surface area (Å²) in [7, 11) is 0. The minimum Gasteiger partial charge on any atom is -0.324 e. The van der Waals surface area contributed by atoms with Crippen LogP contribution in [0.15, 0.2) is 41.1 Å². The highest BCUT2D eigenvalue weighted by molar-refractivity contribution is 7.07. The van der Waals surface area contributed by atoms with Crippen molar-refractivity contribution in [3.8, 4) is 0 Å². The second-order valence-corrected chi connectivity index (χ2v) is 5.75. The molecule has 0 bridgehead atoms. The van der Waals surface area contributed by atoms with Gasteiger partial charge in [-0.15, -0.1) is 11.6 Å². The summed E-state index contributed by atoms with van der Waals surface area (Å²) in [5.41, 5.74) is 3.56. The lowest BCUT2D eigenvalue weighted by Crippen LogP contribution is -2.10. The standard InChI is InChI=1S/C15H15ClN2S/c1-11(8-12-6-7-19-10-12)18-14-5-3-2-4-13(14)17-15(18)9-16/h2-7,10-11H,8-9H2,1H3. The Bertz CT molecular complexity index is 673. The molecule has 1 atom stereocenters. The highest BCUT2D eigenvalue weighted by Crippen LogP contribution is 2.25. The van der Waals surface area contributed by atoms with E-state index in [9.17, 15) is 0 Å². The van der Waals surface area contributed by atoms with Gasteiger partial charge in [0.1, 0.15) is 5.82 Å². The molecule has 0 fully saturated rings. The van der Waals surface area contributed by atoms with Gasteiger partial charge in [0.25, 0.3) is 0 Å². The summed E-state index contributed by atoms with van der Waals surface area (Å²) in [5, 5.41) is 4.33. The third-order valence-electron chi connectivity index (χ3n) is 3.34. The molecule has 0 N–H and O–H groups in total. The first-order valence-electron chi connectivity index (χ1n) is 6.32. The molecule has 1 aromatic carbocycles. The van der Waals surface area contributed by atoms with E-state index in [1.807, 2.05) is 12.1 Å². The summed E-state index contributed by atoms with van der Waals surface area (Å²) in [5.74, 6) is 1.40. The predicted octanol–water partition coefficient (Wildman–Crippen LogP) is 4.64. The van der Waals surface area contributed by atoms with Crippen molar-refractivity contribution in [2.24, 2.45) is 0 Å². The SMILES string of the molecule is CC(Cc1ccsc1)n1c(CCl)nc2ccccc21. The Labute approximate surface area is 121 Å². The van der Waals surface area contributed by atoms with Crippen molar-refractivity contribution in [1.82, 2.24) is 9.55 Å². The summed E-state index contributed by atoms with van der Waals surface area (Å²) in [4.78, 5) is 4.62. The highest BCUT2D eigenvalue weighted by Gasteiger charge is 2.15. The number of fused-ring (bicyclic) bond motifs is 1. The van der Waals surface area contributed by atoms with E-state index in [4.69, 9.17) is 11.6 Å². The van der Waals surface area contributed by atoms with Gasteiger partial charge >= 0.3 is 0 Å². The second kappa shape index (κ2) is 5.35. The number of benzene rings is 1. The zero-order valence-electron chi connectivity index (χ0n) is 10.7. The maximum atomic E-state index is 6.05. The van der Waals surface area contributed by atoms with E-state index in [-0.39, 0.29) is 0 Å². The lowest BCUT2D eigenvalue weighted by atomic mass is 10.1. The molecule has 3 aromatic rings.